The first-order valence-electron chi connectivity index (χ1n) is 9.29. The standard InChI is InChI=1S/C22H20N2O5S/c1-13-10-16(14(2)24(13)22-23-8-9-30-22)18(25)12-28-21(26)20-17(11-27-3)15-6-4-5-7-19(15)29-20/h4-10H,11-12H2,1-3H3. The quantitative estimate of drug-likeness (QED) is 0.321. The Morgan fingerprint density at radius 3 is 2.77 bits per heavy atom. The highest BCUT2D eigenvalue weighted by atomic mass is 32.1. The number of hydrogen-bond acceptors (Lipinski definition) is 7. The monoisotopic (exact) mass is 424 g/mol. The van der Waals surface area contributed by atoms with Crippen molar-refractivity contribution in [2.75, 3.05) is 13.7 Å². The molecule has 0 aliphatic rings. The Morgan fingerprint density at radius 2 is 2.03 bits per heavy atom. The molecule has 0 spiro atoms. The van der Waals surface area contributed by atoms with Crippen molar-refractivity contribution in [1.82, 2.24) is 9.55 Å². The molecule has 30 heavy (non-hydrogen) atoms. The number of methoxy groups -OCH3 is 1. The summed E-state index contributed by atoms with van der Waals surface area (Å²) in [7, 11) is 1.54. The minimum Gasteiger partial charge on any atom is -0.451 e. The fourth-order valence-electron chi connectivity index (χ4n) is 3.49. The van der Waals surface area contributed by atoms with Gasteiger partial charge in [-0.25, -0.2) is 9.78 Å². The summed E-state index contributed by atoms with van der Waals surface area (Å²) in [6.45, 7) is 3.57. The second-order valence-electron chi connectivity index (χ2n) is 6.77. The van der Waals surface area contributed by atoms with E-state index in [0.717, 1.165) is 21.9 Å². The van der Waals surface area contributed by atoms with Gasteiger partial charge in [-0.2, -0.15) is 0 Å². The number of ketones is 1. The topological polar surface area (TPSA) is 83.6 Å². The maximum Gasteiger partial charge on any atom is 0.375 e. The van der Waals surface area contributed by atoms with Crippen molar-refractivity contribution >= 4 is 34.1 Å². The number of rotatable bonds is 7. The van der Waals surface area contributed by atoms with Gasteiger partial charge in [-0.05, 0) is 26.0 Å². The number of benzene rings is 1. The molecule has 0 saturated carbocycles. The Labute approximate surface area is 176 Å². The average Bonchev–Trinajstić information content (AvgIpc) is 3.45. The SMILES string of the molecule is COCc1c(C(=O)OCC(=O)c2cc(C)n(-c3nccs3)c2C)oc2ccccc12. The number of esters is 1. The van der Waals surface area contributed by atoms with E-state index >= 15 is 0 Å². The van der Waals surface area contributed by atoms with Crippen LogP contribution in [0.5, 0.6) is 0 Å². The van der Waals surface area contributed by atoms with Crippen LogP contribution in [0.15, 0.2) is 46.3 Å². The van der Waals surface area contributed by atoms with Crippen molar-refractivity contribution < 1.29 is 23.5 Å². The van der Waals surface area contributed by atoms with E-state index in [9.17, 15) is 9.59 Å². The van der Waals surface area contributed by atoms with Crippen LogP contribution < -0.4 is 0 Å². The molecule has 154 valence electrons. The number of ether oxygens (including phenoxy) is 2. The third-order valence-electron chi connectivity index (χ3n) is 4.85. The van der Waals surface area contributed by atoms with E-state index in [1.54, 1.807) is 25.4 Å². The fraction of sp³-hybridized carbons (Fsp3) is 0.227. The van der Waals surface area contributed by atoms with Crippen molar-refractivity contribution in [2.24, 2.45) is 0 Å². The zero-order chi connectivity index (χ0) is 21.3. The summed E-state index contributed by atoms with van der Waals surface area (Å²) >= 11 is 1.48. The molecule has 3 heterocycles. The first-order chi connectivity index (χ1) is 14.5. The number of Topliss-reactive ketones (excluding diaryl/α,β-unsaturated/α-hetero) is 1. The van der Waals surface area contributed by atoms with Crippen LogP contribution in [0.3, 0.4) is 0 Å². The molecule has 4 aromatic rings. The summed E-state index contributed by atoms with van der Waals surface area (Å²) < 4.78 is 18.1. The third kappa shape index (κ3) is 3.55. The zero-order valence-electron chi connectivity index (χ0n) is 16.8. The van der Waals surface area contributed by atoms with E-state index in [2.05, 4.69) is 4.98 Å². The van der Waals surface area contributed by atoms with Crippen LogP contribution in [0.25, 0.3) is 16.1 Å². The molecule has 0 fully saturated rings. The maximum atomic E-state index is 12.8. The summed E-state index contributed by atoms with van der Waals surface area (Å²) in [5, 5.41) is 3.44. The number of aryl methyl sites for hydroxylation is 1. The van der Waals surface area contributed by atoms with Crippen LogP contribution in [0, 0.1) is 13.8 Å². The van der Waals surface area contributed by atoms with Gasteiger partial charge in [0.1, 0.15) is 5.58 Å². The lowest BCUT2D eigenvalue weighted by Gasteiger charge is -2.06. The molecule has 0 radical (unpaired) electrons. The molecule has 3 aromatic heterocycles. The van der Waals surface area contributed by atoms with Gasteiger partial charge in [0.2, 0.25) is 11.5 Å². The molecule has 8 heteroatoms. The number of carbonyl (C=O) groups excluding carboxylic acids is 2. The number of hydrogen-bond donors (Lipinski definition) is 0. The van der Waals surface area contributed by atoms with Crippen molar-refractivity contribution in [3.8, 4) is 5.13 Å². The maximum absolute atomic E-state index is 12.8. The number of para-hydroxylation sites is 1. The fourth-order valence-corrected chi connectivity index (χ4v) is 4.24. The molecular weight excluding hydrogens is 404 g/mol. The summed E-state index contributed by atoms with van der Waals surface area (Å²) in [5.41, 5.74) is 3.31. The Balaban J connectivity index is 1.54. The van der Waals surface area contributed by atoms with Crippen LogP contribution in [-0.4, -0.2) is 35.0 Å². The first-order valence-corrected chi connectivity index (χ1v) is 10.2. The lowest BCUT2D eigenvalue weighted by atomic mass is 10.1. The smallest absolute Gasteiger partial charge is 0.375 e. The number of furan rings is 1. The van der Waals surface area contributed by atoms with Gasteiger partial charge < -0.3 is 13.9 Å². The minimum atomic E-state index is -0.694. The highest BCUT2D eigenvalue weighted by Gasteiger charge is 2.24. The van der Waals surface area contributed by atoms with Gasteiger partial charge in [-0.15, -0.1) is 11.3 Å². The molecule has 7 nitrogen and oxygen atoms in total. The Bertz CT molecular complexity index is 1220. The molecule has 0 saturated heterocycles. The van der Waals surface area contributed by atoms with E-state index in [0.29, 0.717) is 16.7 Å². The summed E-state index contributed by atoms with van der Waals surface area (Å²) in [4.78, 5) is 29.7. The van der Waals surface area contributed by atoms with E-state index in [4.69, 9.17) is 13.9 Å². The predicted octanol–water partition coefficient (Wildman–Crippen LogP) is 4.48. The molecule has 0 bridgehead atoms. The van der Waals surface area contributed by atoms with E-state index in [-0.39, 0.29) is 24.8 Å². The van der Waals surface area contributed by atoms with E-state index in [1.807, 2.05) is 42.0 Å². The molecule has 0 aliphatic carbocycles. The van der Waals surface area contributed by atoms with Crippen LogP contribution in [0.2, 0.25) is 0 Å². The Morgan fingerprint density at radius 1 is 1.23 bits per heavy atom. The van der Waals surface area contributed by atoms with Crippen molar-refractivity contribution in [2.45, 2.75) is 20.5 Å². The Kier molecular flexibility index (Phi) is 5.52. The van der Waals surface area contributed by atoms with Gasteiger partial charge in [0.25, 0.3) is 0 Å². The number of thiazole rings is 1. The van der Waals surface area contributed by atoms with E-state index in [1.165, 1.54) is 11.3 Å². The van der Waals surface area contributed by atoms with E-state index < -0.39 is 5.97 Å². The molecule has 0 unspecified atom stereocenters. The molecule has 1 aromatic carbocycles. The van der Waals surface area contributed by atoms with Crippen LogP contribution in [0.1, 0.15) is 37.9 Å². The number of nitrogens with zero attached hydrogens (tertiary/aromatic N) is 2. The Hall–Kier alpha value is -3.23. The minimum absolute atomic E-state index is 0.0547. The zero-order valence-corrected chi connectivity index (χ0v) is 17.6. The van der Waals surface area contributed by atoms with Crippen molar-refractivity contribution in [3.05, 3.63) is 70.2 Å². The first kappa shape index (κ1) is 20.1. The largest absolute Gasteiger partial charge is 0.451 e. The van der Waals surface area contributed by atoms with Crippen molar-refractivity contribution in [1.29, 1.82) is 0 Å². The van der Waals surface area contributed by atoms with Gasteiger partial charge in [-0.3, -0.25) is 9.36 Å². The number of fused-ring (bicyclic) bond motifs is 1. The predicted molar refractivity (Wildman–Crippen MR) is 112 cm³/mol. The van der Waals surface area contributed by atoms with Crippen LogP contribution in [0.4, 0.5) is 0 Å². The number of carbonyl (C=O) groups is 2. The highest BCUT2D eigenvalue weighted by molar-refractivity contribution is 7.12. The molecule has 0 aliphatic heterocycles. The second kappa shape index (κ2) is 8.25. The molecular formula is C22H20N2O5S. The van der Waals surface area contributed by atoms with Crippen LogP contribution >= 0.6 is 11.3 Å². The number of aromatic nitrogens is 2. The third-order valence-corrected chi connectivity index (χ3v) is 5.61. The highest BCUT2D eigenvalue weighted by Crippen LogP contribution is 2.27. The second-order valence-corrected chi connectivity index (χ2v) is 7.65. The molecule has 0 N–H and O–H groups in total. The lowest BCUT2D eigenvalue weighted by molar-refractivity contribution is 0.0441. The van der Waals surface area contributed by atoms with Crippen molar-refractivity contribution in [3.63, 3.8) is 0 Å². The van der Waals surface area contributed by atoms with Gasteiger partial charge in [-0.1, -0.05) is 18.2 Å². The van der Waals surface area contributed by atoms with Gasteiger partial charge >= 0.3 is 5.97 Å². The lowest BCUT2D eigenvalue weighted by Crippen LogP contribution is -2.15. The van der Waals surface area contributed by atoms with Gasteiger partial charge in [0.15, 0.2) is 11.7 Å². The molecule has 0 atom stereocenters. The molecule has 4 rings (SSSR count). The summed E-state index contributed by atoms with van der Waals surface area (Å²) in [6, 6.07) is 9.07. The summed E-state index contributed by atoms with van der Waals surface area (Å²) in [5.74, 6) is -0.928. The van der Waals surface area contributed by atoms with Gasteiger partial charge in [0.05, 0.1) is 6.61 Å². The summed E-state index contributed by atoms with van der Waals surface area (Å²) in [6.07, 6.45) is 1.72. The average molecular weight is 424 g/mol. The normalized spacial score (nSPS) is 11.2. The molecule has 0 amide bonds. The van der Waals surface area contributed by atoms with Crippen LogP contribution in [-0.2, 0) is 16.1 Å². The van der Waals surface area contributed by atoms with Gasteiger partial charge in [0, 0.05) is 46.6 Å².